The summed E-state index contributed by atoms with van der Waals surface area (Å²) in [6, 6.07) is 32.7. The summed E-state index contributed by atoms with van der Waals surface area (Å²) in [5, 5.41) is 0.00700. The number of benzene rings is 2. The highest BCUT2D eigenvalue weighted by Gasteiger charge is 2.43. The van der Waals surface area contributed by atoms with Gasteiger partial charge in [0.2, 0.25) is 0 Å². The predicted molar refractivity (Wildman–Crippen MR) is 202 cm³/mol. The van der Waals surface area contributed by atoms with Crippen LogP contribution in [0.25, 0.3) is 11.4 Å². The zero-order chi connectivity index (χ0) is 35.3. The first-order chi connectivity index (χ1) is 22.5. The maximum absolute atomic E-state index is 7.13. The molecule has 0 bridgehead atoms. The summed E-state index contributed by atoms with van der Waals surface area (Å²) in [6.07, 6.45) is -1.49. The molecule has 2 aromatic heterocycles. The van der Waals surface area contributed by atoms with Crippen molar-refractivity contribution >= 4 is 16.6 Å². The van der Waals surface area contributed by atoms with Gasteiger partial charge in [-0.1, -0.05) is 114 Å². The molecule has 0 N–H and O–H groups in total. The van der Waals surface area contributed by atoms with Crippen LogP contribution in [0.1, 0.15) is 88.5 Å². The quantitative estimate of drug-likeness (QED) is 0.131. The van der Waals surface area contributed by atoms with Gasteiger partial charge in [0.1, 0.15) is 24.4 Å². The highest BCUT2D eigenvalue weighted by atomic mass is 28.4. The lowest BCUT2D eigenvalue weighted by molar-refractivity contribution is -0.0100. The molecule has 0 aliphatic heterocycles. The Labute approximate surface area is 291 Å². The van der Waals surface area contributed by atoms with Crippen molar-refractivity contribution in [2.75, 3.05) is 14.2 Å². The molecule has 0 spiro atoms. The Balaban J connectivity index is 1.81. The van der Waals surface area contributed by atoms with Gasteiger partial charge in [0.05, 0.1) is 22.8 Å². The molecule has 258 valence electrons. The van der Waals surface area contributed by atoms with Crippen LogP contribution in [0.2, 0.25) is 36.3 Å². The van der Waals surface area contributed by atoms with E-state index in [-0.39, 0.29) is 22.3 Å². The lowest BCUT2D eigenvalue weighted by atomic mass is 10.0. The largest absolute Gasteiger partial charge is 0.405 e. The van der Waals surface area contributed by atoms with Crippen molar-refractivity contribution in [1.82, 2.24) is 9.97 Å². The second kappa shape index (κ2) is 15.3. The van der Waals surface area contributed by atoms with Crippen LogP contribution in [0, 0.1) is 0 Å². The van der Waals surface area contributed by atoms with E-state index in [2.05, 4.69) is 92.0 Å². The number of methoxy groups -OCH3 is 2. The molecule has 4 aromatic rings. The molecule has 0 aliphatic carbocycles. The van der Waals surface area contributed by atoms with E-state index in [0.717, 1.165) is 33.9 Å². The smallest absolute Gasteiger partial charge is 0.193 e. The second-order valence-corrected chi connectivity index (χ2v) is 25.1. The summed E-state index contributed by atoms with van der Waals surface area (Å²) in [6.45, 7) is 22.6. The minimum atomic E-state index is -2.23. The van der Waals surface area contributed by atoms with Gasteiger partial charge in [-0.2, -0.15) is 0 Å². The van der Waals surface area contributed by atoms with Crippen molar-refractivity contribution in [1.29, 1.82) is 0 Å². The molecule has 2 aromatic carbocycles. The van der Waals surface area contributed by atoms with E-state index >= 15 is 0 Å². The van der Waals surface area contributed by atoms with Gasteiger partial charge in [0, 0.05) is 14.2 Å². The maximum Gasteiger partial charge on any atom is 0.193 e. The first-order valence-electron chi connectivity index (χ1n) is 16.9. The molecule has 0 amide bonds. The highest BCUT2D eigenvalue weighted by molar-refractivity contribution is 6.74. The van der Waals surface area contributed by atoms with Crippen LogP contribution in [0.15, 0.2) is 97.1 Å². The average Bonchev–Trinajstić information content (AvgIpc) is 3.04. The number of aromatic nitrogens is 2. The second-order valence-electron chi connectivity index (χ2n) is 15.6. The van der Waals surface area contributed by atoms with Gasteiger partial charge in [0.15, 0.2) is 16.6 Å². The number of hydrogen-bond acceptors (Lipinski definition) is 6. The lowest BCUT2D eigenvalue weighted by Gasteiger charge is -2.41. The zero-order valence-corrected chi connectivity index (χ0v) is 33.1. The molecule has 0 unspecified atom stereocenters. The summed E-state index contributed by atoms with van der Waals surface area (Å²) in [5.41, 5.74) is 5.25. The molecule has 0 radical (unpaired) electrons. The average molecular weight is 685 g/mol. The fraction of sp³-hybridized carbons (Fsp3) is 0.450. The molecule has 4 rings (SSSR count). The third-order valence-corrected chi connectivity index (χ3v) is 19.1. The van der Waals surface area contributed by atoms with Crippen molar-refractivity contribution in [3.05, 3.63) is 120 Å². The SMILES string of the molecule is CO[C@@H](c1ccccc1)[C@@H](O[Si](C)(C)C(C)(C)C)c1cccc(-c2cccc([C@H](O[Si](C)(C)C(C)(C)C)[C@@H](OC)c3ccccc3)n2)n1. The summed E-state index contributed by atoms with van der Waals surface area (Å²) in [5.74, 6) is 0. The molecule has 2 heterocycles. The summed E-state index contributed by atoms with van der Waals surface area (Å²) in [4.78, 5) is 10.5. The van der Waals surface area contributed by atoms with Crippen molar-refractivity contribution in [2.24, 2.45) is 0 Å². The van der Waals surface area contributed by atoms with Gasteiger partial charge in [-0.25, -0.2) is 9.97 Å². The predicted octanol–water partition coefficient (Wildman–Crippen LogP) is 11.0. The molecule has 4 atom stereocenters. The van der Waals surface area contributed by atoms with E-state index in [4.69, 9.17) is 28.3 Å². The topological polar surface area (TPSA) is 62.7 Å². The van der Waals surface area contributed by atoms with Gasteiger partial charge < -0.3 is 18.3 Å². The Morgan fingerprint density at radius 1 is 0.458 bits per heavy atom. The van der Waals surface area contributed by atoms with Gasteiger partial charge in [-0.15, -0.1) is 0 Å². The monoisotopic (exact) mass is 684 g/mol. The van der Waals surface area contributed by atoms with E-state index in [1.54, 1.807) is 14.2 Å². The molecule has 6 nitrogen and oxygen atoms in total. The standard InChI is InChI=1S/C40H56N2O4Si2/c1-39(2,3)47(9,10)45-37(35(43-7)29-21-15-13-16-22-29)33-27-19-25-31(41-33)32-26-20-28-34(42-32)38(46-48(11,12)40(4,5)6)36(44-8)30-23-17-14-18-24-30/h13-28,35-38H,1-12H3/t35-,36-,37-,38-/m0/s1. The fourth-order valence-corrected chi connectivity index (χ4v) is 7.67. The molecule has 0 aliphatic rings. The molecule has 0 saturated carbocycles. The third kappa shape index (κ3) is 8.78. The van der Waals surface area contributed by atoms with Crippen LogP contribution in [0.5, 0.6) is 0 Å². The number of ether oxygens (including phenoxy) is 2. The van der Waals surface area contributed by atoms with Crippen molar-refractivity contribution < 1.29 is 18.3 Å². The minimum Gasteiger partial charge on any atom is -0.405 e. The van der Waals surface area contributed by atoms with E-state index in [9.17, 15) is 0 Å². The summed E-state index contributed by atoms with van der Waals surface area (Å²) >= 11 is 0. The molecule has 0 saturated heterocycles. The summed E-state index contributed by atoms with van der Waals surface area (Å²) in [7, 11) is -0.974. The Hall–Kier alpha value is -2.99. The van der Waals surface area contributed by atoms with Gasteiger partial charge in [0.25, 0.3) is 0 Å². The Bertz CT molecular complexity index is 1480. The van der Waals surface area contributed by atoms with Crippen molar-refractivity contribution in [3.8, 4) is 11.4 Å². The minimum absolute atomic E-state index is 0.00350. The zero-order valence-electron chi connectivity index (χ0n) is 31.1. The number of hydrogen-bond donors (Lipinski definition) is 0. The molecular formula is C40H56N2O4Si2. The Morgan fingerprint density at radius 3 is 1.08 bits per heavy atom. The molecule has 8 heteroatoms. The van der Waals surface area contributed by atoms with E-state index < -0.39 is 28.8 Å². The molecule has 48 heavy (non-hydrogen) atoms. The highest BCUT2D eigenvalue weighted by Crippen LogP contribution is 2.46. The van der Waals surface area contributed by atoms with Crippen LogP contribution >= 0.6 is 0 Å². The van der Waals surface area contributed by atoms with E-state index in [1.807, 2.05) is 72.8 Å². The maximum atomic E-state index is 7.13. The molecular weight excluding hydrogens is 629 g/mol. The van der Waals surface area contributed by atoms with Crippen molar-refractivity contribution in [2.45, 2.75) is 102 Å². The molecule has 0 fully saturated rings. The Morgan fingerprint density at radius 2 is 0.792 bits per heavy atom. The number of nitrogens with zero attached hydrogens (tertiary/aromatic N) is 2. The normalized spacial score (nSPS) is 15.5. The first kappa shape index (κ1) is 37.8. The van der Waals surface area contributed by atoms with Crippen LogP contribution in [0.3, 0.4) is 0 Å². The summed E-state index contributed by atoms with van der Waals surface area (Å²) < 4.78 is 26.6. The van der Waals surface area contributed by atoms with Crippen LogP contribution in [-0.2, 0) is 18.3 Å². The van der Waals surface area contributed by atoms with Crippen LogP contribution in [0.4, 0.5) is 0 Å². The van der Waals surface area contributed by atoms with Gasteiger partial charge >= 0.3 is 0 Å². The van der Waals surface area contributed by atoms with E-state index in [0.29, 0.717) is 0 Å². The fourth-order valence-electron chi connectivity index (χ4n) is 5.20. The van der Waals surface area contributed by atoms with E-state index in [1.165, 1.54) is 0 Å². The third-order valence-electron chi connectivity index (χ3n) is 10.2. The van der Waals surface area contributed by atoms with Crippen LogP contribution < -0.4 is 0 Å². The Kier molecular flexibility index (Phi) is 12.0. The lowest BCUT2D eigenvalue weighted by Crippen LogP contribution is -2.43. The van der Waals surface area contributed by atoms with Gasteiger partial charge in [-0.3, -0.25) is 0 Å². The first-order valence-corrected chi connectivity index (χ1v) is 22.8. The number of pyridine rings is 2. The number of rotatable bonds is 13. The van der Waals surface area contributed by atoms with Gasteiger partial charge in [-0.05, 0) is 71.7 Å². The van der Waals surface area contributed by atoms with Crippen LogP contribution in [-0.4, -0.2) is 40.8 Å². The van der Waals surface area contributed by atoms with Crippen molar-refractivity contribution in [3.63, 3.8) is 0 Å².